The lowest BCUT2D eigenvalue weighted by Crippen LogP contribution is -2.30. The van der Waals surface area contributed by atoms with E-state index in [4.69, 9.17) is 9.47 Å². The van der Waals surface area contributed by atoms with Crippen LogP contribution in [0.2, 0.25) is 0 Å². The normalized spacial score (nSPS) is 17.9. The zero-order chi connectivity index (χ0) is 23.7. The van der Waals surface area contributed by atoms with Gasteiger partial charge >= 0.3 is 23.7 Å². The Morgan fingerprint density at radius 1 is 0.576 bits per heavy atom. The van der Waals surface area contributed by atoms with Gasteiger partial charge in [-0.25, -0.2) is 0 Å². The van der Waals surface area contributed by atoms with E-state index >= 15 is 0 Å². The Labute approximate surface area is 184 Å². The maximum Gasteiger partial charge on any atom is 0.442 e. The zero-order valence-electron chi connectivity index (χ0n) is 17.0. The van der Waals surface area contributed by atoms with Gasteiger partial charge < -0.3 is 9.47 Å². The summed E-state index contributed by atoms with van der Waals surface area (Å²) >= 11 is 0. The average molecular weight is 472 g/mol. The van der Waals surface area contributed by atoms with Crippen LogP contribution < -0.4 is 0 Å². The average Bonchev–Trinajstić information content (AvgIpc) is 3.66. The highest BCUT2D eigenvalue weighted by atomic mass is 19.4. The van der Waals surface area contributed by atoms with Gasteiger partial charge in [0.15, 0.2) is 0 Å². The molecule has 6 nitrogen and oxygen atoms in total. The predicted molar refractivity (Wildman–Crippen MR) is 102 cm³/mol. The van der Waals surface area contributed by atoms with Gasteiger partial charge in [0.1, 0.15) is 0 Å². The van der Waals surface area contributed by atoms with Gasteiger partial charge in [0, 0.05) is 24.3 Å². The van der Waals surface area contributed by atoms with Gasteiger partial charge in [-0.05, 0) is 17.5 Å². The number of benzene rings is 2. The number of alkyl halides is 6. The number of hydrogen-bond donors (Lipinski definition) is 0. The molecule has 0 aromatic heterocycles. The highest BCUT2D eigenvalue weighted by Gasteiger charge is 2.65. The maximum atomic E-state index is 13.0. The van der Waals surface area contributed by atoms with E-state index < -0.39 is 23.7 Å². The summed E-state index contributed by atoms with van der Waals surface area (Å²) in [5.74, 6) is 0. The Morgan fingerprint density at radius 2 is 0.909 bits per heavy atom. The number of halogens is 6. The van der Waals surface area contributed by atoms with Gasteiger partial charge in [-0.1, -0.05) is 48.5 Å². The lowest BCUT2D eigenvalue weighted by atomic mass is 10.0. The van der Waals surface area contributed by atoms with E-state index in [1.807, 2.05) is 0 Å². The van der Waals surface area contributed by atoms with Crippen molar-refractivity contribution in [3.63, 3.8) is 0 Å². The Hall–Kier alpha value is -2.86. The van der Waals surface area contributed by atoms with Gasteiger partial charge in [-0.3, -0.25) is 0 Å². The predicted octanol–water partition coefficient (Wildman–Crippen LogP) is 6.17. The van der Waals surface area contributed by atoms with E-state index in [0.717, 1.165) is 0 Å². The van der Waals surface area contributed by atoms with Crippen molar-refractivity contribution in [2.75, 3.05) is 13.2 Å². The van der Waals surface area contributed by atoms with Crippen LogP contribution in [-0.4, -0.2) is 25.6 Å². The summed E-state index contributed by atoms with van der Waals surface area (Å²) in [6.07, 6.45) is -8.54. The molecule has 2 aromatic carbocycles. The third-order valence-electron chi connectivity index (χ3n) is 5.22. The first kappa shape index (κ1) is 23.3. The fourth-order valence-electron chi connectivity index (χ4n) is 3.19. The molecule has 0 saturated heterocycles. The smallest absolute Gasteiger partial charge is 0.377 e. The largest absolute Gasteiger partial charge is 0.442 e. The second kappa shape index (κ2) is 8.49. The van der Waals surface area contributed by atoms with Crippen molar-refractivity contribution in [1.29, 1.82) is 0 Å². The summed E-state index contributed by atoms with van der Waals surface area (Å²) in [5, 5.41) is 12.6. The van der Waals surface area contributed by atoms with E-state index in [9.17, 15) is 26.3 Å². The van der Waals surface area contributed by atoms with Crippen molar-refractivity contribution in [2.45, 2.75) is 43.3 Å². The topological polar surface area (TPSA) is 67.9 Å². The third-order valence-corrected chi connectivity index (χ3v) is 5.22. The molecule has 33 heavy (non-hydrogen) atoms. The van der Waals surface area contributed by atoms with Crippen LogP contribution in [0, 0.1) is 0 Å². The lowest BCUT2D eigenvalue weighted by molar-refractivity contribution is -0.166. The molecule has 0 N–H and O–H groups in total. The SMILES string of the molecule is FC(F)(F)C1(c2ccc(COCCCOCc3ccc(C4(C(F)(F)F)N=N4)cc3)cc2)N=N1. The number of rotatable bonds is 10. The Bertz CT molecular complexity index is 937. The lowest BCUT2D eigenvalue weighted by Gasteiger charge is -2.15. The molecule has 0 spiro atoms. The monoisotopic (exact) mass is 472 g/mol. The van der Waals surface area contributed by atoms with Crippen LogP contribution in [0.4, 0.5) is 26.3 Å². The Balaban J connectivity index is 1.12. The minimum absolute atomic E-state index is 0.0327. The maximum absolute atomic E-state index is 13.0. The fraction of sp³-hybridized carbons (Fsp3) is 0.429. The van der Waals surface area contributed by atoms with Crippen LogP contribution in [0.15, 0.2) is 69.0 Å². The molecule has 0 aliphatic carbocycles. The van der Waals surface area contributed by atoms with Crippen LogP contribution in [-0.2, 0) is 34.0 Å². The van der Waals surface area contributed by atoms with Gasteiger partial charge in [-0.2, -0.15) is 26.3 Å². The highest BCUT2D eigenvalue weighted by molar-refractivity contribution is 5.33. The summed E-state index contributed by atoms with van der Waals surface area (Å²) in [7, 11) is 0. The second-order valence-electron chi connectivity index (χ2n) is 7.59. The molecular weight excluding hydrogens is 454 g/mol. The molecule has 0 unspecified atom stereocenters. The van der Waals surface area contributed by atoms with Gasteiger partial charge in [0.05, 0.1) is 13.2 Å². The van der Waals surface area contributed by atoms with E-state index in [1.165, 1.54) is 48.5 Å². The molecule has 0 atom stereocenters. The number of ether oxygens (including phenoxy) is 2. The minimum Gasteiger partial charge on any atom is -0.377 e. The van der Waals surface area contributed by atoms with E-state index in [0.29, 0.717) is 30.8 Å². The summed E-state index contributed by atoms with van der Waals surface area (Å²) < 4.78 is 88.9. The van der Waals surface area contributed by atoms with Crippen molar-refractivity contribution in [1.82, 2.24) is 0 Å². The van der Waals surface area contributed by atoms with Crippen molar-refractivity contribution in [3.8, 4) is 0 Å². The van der Waals surface area contributed by atoms with E-state index in [-0.39, 0.29) is 24.3 Å². The molecule has 0 amide bonds. The number of hydrogen-bond acceptors (Lipinski definition) is 6. The standard InChI is InChI=1S/C21H18F6N4O2/c22-20(23,24)18(28-29-18)16-6-2-14(3-7-16)12-32-10-1-11-33-13-15-4-8-17(9-5-15)19(30-31-19)21(25,26)27/h2-9H,1,10-13H2. The zero-order valence-corrected chi connectivity index (χ0v) is 17.0. The Kier molecular flexibility index (Phi) is 5.99. The van der Waals surface area contributed by atoms with Crippen molar-refractivity contribution in [3.05, 3.63) is 70.8 Å². The third kappa shape index (κ3) is 4.76. The molecule has 176 valence electrons. The summed E-state index contributed by atoms with van der Waals surface area (Å²) in [6.45, 7) is 1.20. The van der Waals surface area contributed by atoms with Gasteiger partial charge in [-0.15, -0.1) is 20.5 Å². The highest BCUT2D eigenvalue weighted by Crippen LogP contribution is 2.53. The van der Waals surface area contributed by atoms with Crippen LogP contribution in [0.25, 0.3) is 0 Å². The summed E-state index contributed by atoms with van der Waals surface area (Å²) in [6, 6.07) is 11.5. The molecule has 2 aliphatic heterocycles. The van der Waals surface area contributed by atoms with Crippen LogP contribution in [0.5, 0.6) is 0 Å². The van der Waals surface area contributed by atoms with Gasteiger partial charge in [0.25, 0.3) is 0 Å². The summed E-state index contributed by atoms with van der Waals surface area (Å²) in [4.78, 5) is 0. The molecule has 0 radical (unpaired) electrons. The first-order valence-electron chi connectivity index (χ1n) is 9.93. The molecule has 0 fully saturated rings. The summed E-state index contributed by atoms with van der Waals surface area (Å²) in [5.41, 5.74) is -3.49. The molecule has 2 heterocycles. The second-order valence-corrected chi connectivity index (χ2v) is 7.59. The molecule has 2 aliphatic rings. The first-order chi connectivity index (χ1) is 15.6. The van der Waals surface area contributed by atoms with Gasteiger partial charge in [0.2, 0.25) is 0 Å². The van der Waals surface area contributed by atoms with Crippen LogP contribution in [0.1, 0.15) is 28.7 Å². The molecule has 0 bridgehead atoms. The molecule has 12 heteroatoms. The van der Waals surface area contributed by atoms with E-state index in [1.54, 1.807) is 0 Å². The minimum atomic E-state index is -4.55. The molecule has 2 aromatic rings. The first-order valence-corrected chi connectivity index (χ1v) is 9.93. The van der Waals surface area contributed by atoms with Crippen LogP contribution in [0.3, 0.4) is 0 Å². The van der Waals surface area contributed by atoms with Crippen molar-refractivity contribution < 1.29 is 35.8 Å². The fourth-order valence-corrected chi connectivity index (χ4v) is 3.19. The molecular formula is C21H18F6N4O2. The van der Waals surface area contributed by atoms with Crippen LogP contribution >= 0.6 is 0 Å². The van der Waals surface area contributed by atoms with Crippen molar-refractivity contribution in [2.24, 2.45) is 20.5 Å². The number of nitrogens with zero attached hydrogens (tertiary/aromatic N) is 4. The molecule has 4 rings (SSSR count). The quantitative estimate of drug-likeness (QED) is 0.307. The van der Waals surface area contributed by atoms with Crippen molar-refractivity contribution >= 4 is 0 Å². The van der Waals surface area contributed by atoms with E-state index in [2.05, 4.69) is 20.5 Å². The Morgan fingerprint density at radius 3 is 1.18 bits per heavy atom. The molecule has 0 saturated carbocycles.